The molecule has 0 aliphatic heterocycles. The molecule has 1 N–H and O–H groups in total. The van der Waals surface area contributed by atoms with E-state index in [4.69, 9.17) is 4.74 Å². The van der Waals surface area contributed by atoms with Crippen LogP contribution in [0.2, 0.25) is 0 Å². The lowest BCUT2D eigenvalue weighted by Crippen LogP contribution is -2.13. The Balaban J connectivity index is 1.38. The summed E-state index contributed by atoms with van der Waals surface area (Å²) in [7, 11) is -2.16. The van der Waals surface area contributed by atoms with Gasteiger partial charge in [0.2, 0.25) is 0 Å². The Bertz CT molecular complexity index is 1560. The van der Waals surface area contributed by atoms with Gasteiger partial charge in [-0.3, -0.25) is 9.71 Å². The molecular weight excluding hydrogens is 448 g/mol. The van der Waals surface area contributed by atoms with Crippen LogP contribution in [0.4, 0.5) is 5.69 Å². The Morgan fingerprint density at radius 3 is 2.53 bits per heavy atom. The fourth-order valence-electron chi connectivity index (χ4n) is 3.86. The van der Waals surface area contributed by atoms with E-state index in [1.165, 1.54) is 0 Å². The van der Waals surface area contributed by atoms with Gasteiger partial charge in [0.1, 0.15) is 16.5 Å². The molecule has 8 heteroatoms. The number of aromatic nitrogens is 3. The number of rotatable bonds is 7. The summed E-state index contributed by atoms with van der Waals surface area (Å²) in [6, 6.07) is 23.8. The molecule has 2 aromatic heterocycles. The first-order valence-electron chi connectivity index (χ1n) is 10.6. The van der Waals surface area contributed by atoms with Crippen molar-refractivity contribution in [3.05, 3.63) is 103 Å². The van der Waals surface area contributed by atoms with Crippen molar-refractivity contribution in [2.75, 3.05) is 11.8 Å². The fraction of sp³-hybridized carbons (Fsp3) is 0.0769. The molecule has 0 unspecified atom stereocenters. The number of fused-ring (bicyclic) bond motifs is 1. The number of hydrogen-bond donors (Lipinski definition) is 1. The first kappa shape index (κ1) is 21.7. The Labute approximate surface area is 197 Å². The molecule has 0 aliphatic rings. The van der Waals surface area contributed by atoms with Gasteiger partial charge in [0.15, 0.2) is 0 Å². The number of hydrogen-bond acceptors (Lipinski definition) is 5. The molecule has 0 saturated heterocycles. The molecule has 2 heterocycles. The highest BCUT2D eigenvalue weighted by Gasteiger charge is 2.18. The molecule has 0 atom stereocenters. The van der Waals surface area contributed by atoms with Crippen LogP contribution in [0.5, 0.6) is 5.75 Å². The molecule has 0 saturated carbocycles. The number of imidazole rings is 1. The van der Waals surface area contributed by atoms with E-state index in [9.17, 15) is 8.42 Å². The SMILES string of the molecule is COc1cccc(Cn2ccnc2-c2ccc(NS(=O)(=O)c3cccc4cccnc34)cc2)c1. The lowest BCUT2D eigenvalue weighted by molar-refractivity contribution is 0.414. The Morgan fingerprint density at radius 1 is 0.912 bits per heavy atom. The summed E-state index contributed by atoms with van der Waals surface area (Å²) in [6.07, 6.45) is 5.25. The van der Waals surface area contributed by atoms with Crippen LogP contribution in [0.25, 0.3) is 22.3 Å². The van der Waals surface area contributed by atoms with E-state index in [0.29, 0.717) is 17.7 Å². The van der Waals surface area contributed by atoms with Gasteiger partial charge in [-0.1, -0.05) is 30.3 Å². The van der Waals surface area contributed by atoms with Crippen molar-refractivity contribution in [3.63, 3.8) is 0 Å². The average Bonchev–Trinajstić information content (AvgIpc) is 3.32. The molecule has 3 aromatic carbocycles. The van der Waals surface area contributed by atoms with Crippen LogP contribution < -0.4 is 9.46 Å². The summed E-state index contributed by atoms with van der Waals surface area (Å²) in [5.41, 5.74) is 2.87. The number of nitrogens with zero attached hydrogens (tertiary/aromatic N) is 3. The third kappa shape index (κ3) is 4.35. The highest BCUT2D eigenvalue weighted by atomic mass is 32.2. The zero-order valence-electron chi connectivity index (χ0n) is 18.4. The van der Waals surface area contributed by atoms with Crippen molar-refractivity contribution in [2.45, 2.75) is 11.4 Å². The normalized spacial score (nSPS) is 11.4. The van der Waals surface area contributed by atoms with Crippen LogP contribution in [0.3, 0.4) is 0 Å². The number of ether oxygens (including phenoxy) is 1. The highest BCUT2D eigenvalue weighted by Crippen LogP contribution is 2.26. The first-order chi connectivity index (χ1) is 16.5. The highest BCUT2D eigenvalue weighted by molar-refractivity contribution is 7.93. The predicted octanol–water partition coefficient (Wildman–Crippen LogP) is 4.96. The minimum atomic E-state index is -3.81. The largest absolute Gasteiger partial charge is 0.497 e. The van der Waals surface area contributed by atoms with Crippen LogP contribution in [0.15, 0.2) is 102 Å². The summed E-state index contributed by atoms with van der Waals surface area (Å²) >= 11 is 0. The lowest BCUT2D eigenvalue weighted by Gasteiger charge is -2.12. The number of benzene rings is 3. The van der Waals surface area contributed by atoms with Crippen LogP contribution in [-0.4, -0.2) is 30.1 Å². The second kappa shape index (κ2) is 8.99. The summed E-state index contributed by atoms with van der Waals surface area (Å²) in [4.78, 5) is 8.89. The number of sulfonamides is 1. The van der Waals surface area contributed by atoms with Crippen molar-refractivity contribution < 1.29 is 13.2 Å². The molecule has 5 rings (SSSR count). The van der Waals surface area contributed by atoms with Crippen LogP contribution in [0, 0.1) is 0 Å². The van der Waals surface area contributed by atoms with Crippen LogP contribution in [-0.2, 0) is 16.6 Å². The number of para-hydroxylation sites is 1. The van der Waals surface area contributed by atoms with Crippen LogP contribution in [0.1, 0.15) is 5.56 Å². The van der Waals surface area contributed by atoms with Crippen molar-refractivity contribution in [2.24, 2.45) is 0 Å². The van der Waals surface area contributed by atoms with E-state index in [2.05, 4.69) is 14.7 Å². The molecule has 0 bridgehead atoms. The lowest BCUT2D eigenvalue weighted by atomic mass is 10.1. The number of nitrogens with one attached hydrogen (secondary N) is 1. The minimum absolute atomic E-state index is 0.142. The van der Waals surface area contributed by atoms with Gasteiger partial charge >= 0.3 is 0 Å². The molecule has 0 fully saturated rings. The molecule has 0 amide bonds. The quantitative estimate of drug-likeness (QED) is 0.364. The fourth-order valence-corrected chi connectivity index (χ4v) is 5.09. The van der Waals surface area contributed by atoms with Crippen LogP contribution >= 0.6 is 0 Å². The van der Waals surface area contributed by atoms with Gasteiger partial charge in [0.05, 0.1) is 12.6 Å². The van der Waals surface area contributed by atoms with Crippen molar-refractivity contribution in [1.82, 2.24) is 14.5 Å². The molecule has 0 spiro atoms. The molecule has 170 valence electrons. The second-order valence-electron chi connectivity index (χ2n) is 7.74. The maximum atomic E-state index is 13.1. The van der Waals surface area contributed by atoms with Gasteiger partial charge < -0.3 is 9.30 Å². The molecule has 0 aliphatic carbocycles. The standard InChI is InChI=1S/C26H22N4O3S/c1-33-23-8-2-5-19(17-23)18-30-16-15-28-26(30)21-10-12-22(13-11-21)29-34(31,32)24-9-3-6-20-7-4-14-27-25(20)24/h2-17,29H,18H2,1H3. The topological polar surface area (TPSA) is 86.1 Å². The van der Waals surface area contributed by atoms with Gasteiger partial charge in [0, 0.05) is 41.8 Å². The zero-order valence-corrected chi connectivity index (χ0v) is 19.2. The Morgan fingerprint density at radius 2 is 1.71 bits per heavy atom. The van der Waals surface area contributed by atoms with Gasteiger partial charge in [0.25, 0.3) is 10.0 Å². The van der Waals surface area contributed by atoms with E-state index in [1.807, 2.05) is 59.3 Å². The molecular formula is C26H22N4O3S. The monoisotopic (exact) mass is 470 g/mol. The molecule has 5 aromatic rings. The molecule has 0 radical (unpaired) electrons. The number of pyridine rings is 1. The Hall–Kier alpha value is -4.17. The van der Waals surface area contributed by atoms with E-state index in [-0.39, 0.29) is 4.90 Å². The van der Waals surface area contributed by atoms with Crippen molar-refractivity contribution in [1.29, 1.82) is 0 Å². The van der Waals surface area contributed by atoms with Gasteiger partial charge in [-0.15, -0.1) is 0 Å². The van der Waals surface area contributed by atoms with Crippen molar-refractivity contribution >= 4 is 26.6 Å². The van der Waals surface area contributed by atoms with Gasteiger partial charge in [-0.05, 0) is 54.1 Å². The maximum absolute atomic E-state index is 13.1. The summed E-state index contributed by atoms with van der Waals surface area (Å²) < 4.78 is 36.1. The number of anilines is 1. The average molecular weight is 471 g/mol. The van der Waals surface area contributed by atoms with Gasteiger partial charge in [-0.2, -0.15) is 0 Å². The van der Waals surface area contributed by atoms with Gasteiger partial charge in [-0.25, -0.2) is 13.4 Å². The molecule has 34 heavy (non-hydrogen) atoms. The smallest absolute Gasteiger partial charge is 0.264 e. The summed E-state index contributed by atoms with van der Waals surface area (Å²) in [5.74, 6) is 1.59. The summed E-state index contributed by atoms with van der Waals surface area (Å²) in [5, 5.41) is 0.767. The summed E-state index contributed by atoms with van der Waals surface area (Å²) in [6.45, 7) is 0.634. The van der Waals surface area contributed by atoms with Crippen molar-refractivity contribution in [3.8, 4) is 17.1 Å². The Kier molecular flexibility index (Phi) is 5.73. The van der Waals surface area contributed by atoms with E-state index in [0.717, 1.165) is 28.1 Å². The van der Waals surface area contributed by atoms with E-state index in [1.54, 1.807) is 49.8 Å². The van der Waals surface area contributed by atoms with E-state index < -0.39 is 10.0 Å². The third-order valence-corrected chi connectivity index (χ3v) is 6.90. The minimum Gasteiger partial charge on any atom is -0.497 e. The second-order valence-corrected chi connectivity index (χ2v) is 9.40. The number of methoxy groups -OCH3 is 1. The molecule has 7 nitrogen and oxygen atoms in total. The predicted molar refractivity (Wildman–Crippen MR) is 132 cm³/mol. The first-order valence-corrected chi connectivity index (χ1v) is 12.1. The van der Waals surface area contributed by atoms with E-state index >= 15 is 0 Å². The third-order valence-electron chi connectivity index (χ3n) is 5.48. The maximum Gasteiger partial charge on any atom is 0.264 e. The zero-order chi connectivity index (χ0) is 23.5.